The molecular weight excluding hydrogens is 393 g/mol. The van der Waals surface area contributed by atoms with Crippen molar-refractivity contribution in [3.05, 3.63) is 64.3 Å². The normalized spacial score (nSPS) is 23.3. The van der Waals surface area contributed by atoms with Crippen LogP contribution in [0.1, 0.15) is 34.5 Å². The quantitative estimate of drug-likeness (QED) is 0.641. The molecule has 2 N–H and O–H groups in total. The molecule has 0 radical (unpaired) electrons. The molecule has 1 aromatic heterocycles. The highest BCUT2D eigenvalue weighted by atomic mass is 35.5. The lowest BCUT2D eigenvalue weighted by atomic mass is 9.84. The number of aromatic nitrogens is 1. The van der Waals surface area contributed by atoms with Crippen molar-refractivity contribution >= 4 is 53.9 Å². The molecule has 1 atom stereocenters. The van der Waals surface area contributed by atoms with E-state index in [0.717, 1.165) is 34.3 Å². The number of nitrogens with one attached hydrogen (secondary N) is 2. The topological polar surface area (TPSA) is 48.1 Å². The molecule has 2 aromatic carbocycles. The van der Waals surface area contributed by atoms with E-state index in [0.29, 0.717) is 10.9 Å². The minimum absolute atomic E-state index is 0.0135. The summed E-state index contributed by atoms with van der Waals surface area (Å²) < 4.78 is 0. The molecule has 1 amide bonds. The second-order valence-electron chi connectivity index (χ2n) is 8.57. The van der Waals surface area contributed by atoms with Gasteiger partial charge < -0.3 is 15.2 Å². The molecule has 3 fully saturated rings. The fourth-order valence-corrected chi connectivity index (χ4v) is 4.95. The summed E-state index contributed by atoms with van der Waals surface area (Å²) >= 11 is 6.00. The third kappa shape index (κ3) is 3.80. The van der Waals surface area contributed by atoms with Crippen LogP contribution in [0.5, 0.6) is 0 Å². The average Bonchev–Trinajstić information content (AvgIpc) is 3.11. The Morgan fingerprint density at radius 3 is 2.60 bits per heavy atom. The van der Waals surface area contributed by atoms with Crippen molar-refractivity contribution in [2.75, 3.05) is 19.6 Å². The van der Waals surface area contributed by atoms with Gasteiger partial charge in [0.1, 0.15) is 7.85 Å². The Hall–Kier alpha value is -2.50. The first kappa shape index (κ1) is 19.5. The number of carbonyl (C=O) groups excluding carboxylic acids is 1. The van der Waals surface area contributed by atoms with Crippen molar-refractivity contribution in [3.8, 4) is 0 Å². The standard InChI is InChI=1S/C24H25BClN3O/c25-17-4-7-19-21(13-17)27-20(8-3-15-1-5-18(26)6-2-15)23(19)24(30)28-22-14-29-11-9-16(22)10-12-29/h1-8,13,16,22,27H,9-12,14,25H2,(H,28,30)/b8-3+. The van der Waals surface area contributed by atoms with E-state index in [1.807, 2.05) is 42.5 Å². The zero-order valence-electron chi connectivity index (χ0n) is 17.1. The highest BCUT2D eigenvalue weighted by molar-refractivity contribution is 6.33. The van der Waals surface area contributed by atoms with Gasteiger partial charge in [-0.05, 0) is 61.7 Å². The number of fused-ring (bicyclic) bond motifs is 4. The molecule has 6 rings (SSSR count). The first-order chi connectivity index (χ1) is 14.6. The summed E-state index contributed by atoms with van der Waals surface area (Å²) in [6, 6.07) is 14.1. The van der Waals surface area contributed by atoms with Gasteiger partial charge in [-0.2, -0.15) is 0 Å². The highest BCUT2D eigenvalue weighted by Gasteiger charge is 2.35. The number of hydrogen-bond donors (Lipinski definition) is 2. The summed E-state index contributed by atoms with van der Waals surface area (Å²) in [5, 5.41) is 5.04. The zero-order chi connectivity index (χ0) is 20.7. The number of rotatable bonds is 4. The number of benzene rings is 2. The van der Waals surface area contributed by atoms with Crippen LogP contribution in [0.2, 0.25) is 5.02 Å². The van der Waals surface area contributed by atoms with Crippen molar-refractivity contribution in [2.45, 2.75) is 18.9 Å². The summed E-state index contributed by atoms with van der Waals surface area (Å²) in [6.07, 6.45) is 6.37. The third-order valence-corrected chi connectivity index (χ3v) is 6.75. The van der Waals surface area contributed by atoms with Gasteiger partial charge in [-0.25, -0.2) is 0 Å². The number of hydrogen-bond acceptors (Lipinski definition) is 2. The van der Waals surface area contributed by atoms with Gasteiger partial charge in [0.25, 0.3) is 5.91 Å². The zero-order valence-corrected chi connectivity index (χ0v) is 17.9. The van der Waals surface area contributed by atoms with Gasteiger partial charge in [0.2, 0.25) is 0 Å². The molecule has 30 heavy (non-hydrogen) atoms. The summed E-state index contributed by atoms with van der Waals surface area (Å²) in [6.45, 7) is 3.30. The first-order valence-electron chi connectivity index (χ1n) is 10.7. The van der Waals surface area contributed by atoms with Crippen LogP contribution in [-0.4, -0.2) is 49.3 Å². The van der Waals surface area contributed by atoms with Crippen LogP contribution in [-0.2, 0) is 0 Å². The lowest BCUT2D eigenvalue weighted by Gasteiger charge is -2.44. The molecule has 4 heterocycles. The minimum atomic E-state index is 0.0135. The summed E-state index contributed by atoms with van der Waals surface area (Å²) in [5.74, 6) is 0.610. The number of piperidine rings is 3. The van der Waals surface area contributed by atoms with Crippen LogP contribution in [0.15, 0.2) is 42.5 Å². The van der Waals surface area contributed by atoms with Gasteiger partial charge in [0.15, 0.2) is 0 Å². The van der Waals surface area contributed by atoms with E-state index in [2.05, 4.69) is 35.2 Å². The largest absolute Gasteiger partial charge is 0.354 e. The molecular formula is C24H25BClN3O. The molecule has 4 nitrogen and oxygen atoms in total. The van der Waals surface area contributed by atoms with E-state index in [4.69, 9.17) is 11.6 Å². The van der Waals surface area contributed by atoms with Crippen molar-refractivity contribution in [3.63, 3.8) is 0 Å². The fraction of sp³-hybridized carbons (Fsp3) is 0.292. The van der Waals surface area contributed by atoms with Gasteiger partial charge in [0.05, 0.1) is 11.3 Å². The van der Waals surface area contributed by atoms with E-state index in [1.54, 1.807) is 0 Å². The maximum Gasteiger partial charge on any atom is 0.254 e. The predicted molar refractivity (Wildman–Crippen MR) is 127 cm³/mol. The molecule has 3 saturated heterocycles. The molecule has 1 unspecified atom stereocenters. The van der Waals surface area contributed by atoms with E-state index < -0.39 is 0 Å². The van der Waals surface area contributed by atoms with Crippen LogP contribution in [0.25, 0.3) is 23.1 Å². The second-order valence-corrected chi connectivity index (χ2v) is 9.00. The molecule has 0 spiro atoms. The maximum atomic E-state index is 13.4. The fourth-order valence-electron chi connectivity index (χ4n) is 4.82. The monoisotopic (exact) mass is 417 g/mol. The van der Waals surface area contributed by atoms with Crippen molar-refractivity contribution in [2.24, 2.45) is 5.92 Å². The molecule has 3 aliphatic rings. The summed E-state index contributed by atoms with van der Waals surface area (Å²) in [7, 11) is 2.07. The van der Waals surface area contributed by atoms with E-state index in [9.17, 15) is 4.79 Å². The van der Waals surface area contributed by atoms with Crippen molar-refractivity contribution < 1.29 is 4.79 Å². The smallest absolute Gasteiger partial charge is 0.254 e. The van der Waals surface area contributed by atoms with Crippen LogP contribution < -0.4 is 10.8 Å². The van der Waals surface area contributed by atoms with Crippen LogP contribution in [0.3, 0.4) is 0 Å². The second kappa shape index (κ2) is 7.97. The first-order valence-corrected chi connectivity index (χ1v) is 11.0. The van der Waals surface area contributed by atoms with Crippen LogP contribution in [0.4, 0.5) is 0 Å². The number of amides is 1. The van der Waals surface area contributed by atoms with Crippen molar-refractivity contribution in [1.29, 1.82) is 0 Å². The third-order valence-electron chi connectivity index (χ3n) is 6.50. The molecule has 6 heteroatoms. The van der Waals surface area contributed by atoms with Crippen LogP contribution >= 0.6 is 11.6 Å². The number of carbonyl (C=O) groups is 1. The van der Waals surface area contributed by atoms with Gasteiger partial charge in [-0.15, -0.1) is 0 Å². The Morgan fingerprint density at radius 1 is 1.13 bits per heavy atom. The van der Waals surface area contributed by atoms with Gasteiger partial charge >= 0.3 is 0 Å². The Balaban J connectivity index is 1.48. The molecule has 2 bridgehead atoms. The van der Waals surface area contributed by atoms with Gasteiger partial charge in [0, 0.05) is 28.5 Å². The van der Waals surface area contributed by atoms with E-state index in [-0.39, 0.29) is 11.9 Å². The summed E-state index contributed by atoms with van der Waals surface area (Å²) in [5.41, 5.74) is 4.76. The van der Waals surface area contributed by atoms with E-state index in [1.165, 1.54) is 31.4 Å². The number of halogens is 1. The van der Waals surface area contributed by atoms with Gasteiger partial charge in [-0.1, -0.05) is 47.4 Å². The lowest BCUT2D eigenvalue weighted by Crippen LogP contribution is -2.57. The molecule has 0 aliphatic carbocycles. The minimum Gasteiger partial charge on any atom is -0.354 e. The Labute approximate surface area is 182 Å². The predicted octanol–water partition coefficient (Wildman–Crippen LogP) is 3.07. The molecule has 152 valence electrons. The molecule has 3 aromatic rings. The lowest BCUT2D eigenvalue weighted by molar-refractivity contribution is 0.0621. The molecule has 3 aliphatic heterocycles. The highest BCUT2D eigenvalue weighted by Crippen LogP contribution is 2.29. The Morgan fingerprint density at radius 2 is 1.90 bits per heavy atom. The molecule has 0 saturated carbocycles. The number of H-pyrrole nitrogens is 1. The number of nitrogens with zero attached hydrogens (tertiary/aromatic N) is 1. The Bertz CT molecular complexity index is 1110. The maximum absolute atomic E-state index is 13.4. The van der Waals surface area contributed by atoms with Crippen molar-refractivity contribution in [1.82, 2.24) is 15.2 Å². The SMILES string of the molecule is Bc1ccc2c(C(=O)NC3CN4CCC3CC4)c(/C=C/c3ccc(Cl)cc3)[nH]c2c1. The average molecular weight is 418 g/mol. The van der Waals surface area contributed by atoms with E-state index >= 15 is 0 Å². The summed E-state index contributed by atoms with van der Waals surface area (Å²) in [4.78, 5) is 19.3. The van der Waals surface area contributed by atoms with Gasteiger partial charge in [-0.3, -0.25) is 4.79 Å². The van der Waals surface area contributed by atoms with Crippen LogP contribution in [0, 0.1) is 5.92 Å². The number of aromatic amines is 1. The Kier molecular flexibility index (Phi) is 5.17.